The van der Waals surface area contributed by atoms with Crippen molar-refractivity contribution >= 4 is 5.69 Å². The molecule has 0 radical (unpaired) electrons. The quantitative estimate of drug-likeness (QED) is 0.822. The largest absolute Gasteiger partial charge is 0.397 e. The zero-order valence-corrected chi connectivity index (χ0v) is 9.59. The van der Waals surface area contributed by atoms with Crippen LogP contribution in [-0.2, 0) is 0 Å². The molecule has 1 heterocycles. The molecule has 2 nitrogen and oxygen atoms in total. The summed E-state index contributed by atoms with van der Waals surface area (Å²) in [6.07, 6.45) is 1.53. The van der Waals surface area contributed by atoms with E-state index < -0.39 is 11.6 Å². The van der Waals surface area contributed by atoms with Gasteiger partial charge in [0.1, 0.15) is 0 Å². The maximum atomic E-state index is 13.8. The lowest BCUT2D eigenvalue weighted by Gasteiger charge is -2.09. The normalized spacial score (nSPS) is 10.6. The van der Waals surface area contributed by atoms with E-state index >= 15 is 0 Å². The molecule has 0 aliphatic heterocycles. The summed E-state index contributed by atoms with van der Waals surface area (Å²) in [5.41, 5.74) is 7.61. The summed E-state index contributed by atoms with van der Waals surface area (Å²) in [5.74, 6) is -1.76. The van der Waals surface area contributed by atoms with Gasteiger partial charge >= 0.3 is 0 Å². The summed E-state index contributed by atoms with van der Waals surface area (Å²) < 4.78 is 27.3. The van der Waals surface area contributed by atoms with Crippen LogP contribution in [-0.4, -0.2) is 4.98 Å². The third kappa shape index (κ3) is 1.86. The first-order chi connectivity index (χ1) is 8.02. The lowest BCUT2D eigenvalue weighted by Crippen LogP contribution is -2.00. The average molecular weight is 234 g/mol. The molecular formula is C13H12F2N2. The van der Waals surface area contributed by atoms with Gasteiger partial charge in [0.15, 0.2) is 11.6 Å². The number of anilines is 1. The Bertz CT molecular complexity index is 580. The van der Waals surface area contributed by atoms with Crippen LogP contribution in [0.5, 0.6) is 0 Å². The fourth-order valence-corrected chi connectivity index (χ4v) is 1.61. The Morgan fingerprint density at radius 3 is 2.41 bits per heavy atom. The maximum absolute atomic E-state index is 13.8. The molecule has 0 spiro atoms. The van der Waals surface area contributed by atoms with E-state index in [-0.39, 0.29) is 16.8 Å². The highest BCUT2D eigenvalue weighted by molar-refractivity contribution is 5.75. The van der Waals surface area contributed by atoms with Gasteiger partial charge in [-0.1, -0.05) is 6.07 Å². The number of nitrogens with zero attached hydrogens (tertiary/aromatic N) is 1. The van der Waals surface area contributed by atoms with Crippen LogP contribution in [0.15, 0.2) is 24.4 Å². The summed E-state index contributed by atoms with van der Waals surface area (Å²) in [5, 5.41) is 0. The summed E-state index contributed by atoms with van der Waals surface area (Å²) in [4.78, 5) is 4.01. The highest BCUT2D eigenvalue weighted by Crippen LogP contribution is 2.29. The van der Waals surface area contributed by atoms with E-state index in [0.717, 1.165) is 5.56 Å². The van der Waals surface area contributed by atoms with Gasteiger partial charge < -0.3 is 5.73 Å². The van der Waals surface area contributed by atoms with Gasteiger partial charge in [-0.15, -0.1) is 0 Å². The molecule has 1 aromatic heterocycles. The van der Waals surface area contributed by atoms with Crippen molar-refractivity contribution in [1.82, 2.24) is 4.98 Å². The molecule has 0 saturated carbocycles. The Morgan fingerprint density at radius 2 is 1.71 bits per heavy atom. The number of hydrogen-bond acceptors (Lipinski definition) is 2. The molecule has 0 atom stereocenters. The molecule has 0 unspecified atom stereocenters. The zero-order valence-electron chi connectivity index (χ0n) is 9.59. The second-order valence-corrected chi connectivity index (χ2v) is 3.95. The molecule has 88 valence electrons. The predicted octanol–water partition coefficient (Wildman–Crippen LogP) is 3.23. The SMILES string of the molecule is Cc1ccnc(-c2ccc(C)c(F)c2F)c1N. The molecule has 2 aromatic rings. The molecular weight excluding hydrogens is 222 g/mol. The van der Waals surface area contributed by atoms with Crippen molar-refractivity contribution in [3.05, 3.63) is 47.2 Å². The third-order valence-electron chi connectivity index (χ3n) is 2.74. The summed E-state index contributed by atoms with van der Waals surface area (Å²) in [6, 6.07) is 4.73. The van der Waals surface area contributed by atoms with Crippen molar-refractivity contribution in [2.75, 3.05) is 5.73 Å². The number of aryl methyl sites for hydroxylation is 2. The van der Waals surface area contributed by atoms with Crippen LogP contribution in [0.3, 0.4) is 0 Å². The predicted molar refractivity (Wildman–Crippen MR) is 63.5 cm³/mol. The lowest BCUT2D eigenvalue weighted by molar-refractivity contribution is 0.505. The minimum atomic E-state index is -0.908. The zero-order chi connectivity index (χ0) is 12.6. The monoisotopic (exact) mass is 234 g/mol. The Morgan fingerprint density at radius 1 is 1.00 bits per heavy atom. The Labute approximate surface area is 98.1 Å². The van der Waals surface area contributed by atoms with Crippen LogP contribution in [0.25, 0.3) is 11.3 Å². The van der Waals surface area contributed by atoms with Crippen LogP contribution in [0.2, 0.25) is 0 Å². The van der Waals surface area contributed by atoms with Gasteiger partial charge in [-0.05, 0) is 37.1 Å². The van der Waals surface area contributed by atoms with Gasteiger partial charge in [-0.3, -0.25) is 4.98 Å². The average Bonchev–Trinajstić information content (AvgIpc) is 2.31. The number of aromatic nitrogens is 1. The second-order valence-electron chi connectivity index (χ2n) is 3.95. The minimum absolute atomic E-state index is 0.0919. The Hall–Kier alpha value is -1.97. The summed E-state index contributed by atoms with van der Waals surface area (Å²) >= 11 is 0. The third-order valence-corrected chi connectivity index (χ3v) is 2.74. The number of rotatable bonds is 1. The minimum Gasteiger partial charge on any atom is -0.397 e. The van der Waals surface area contributed by atoms with Crippen LogP contribution in [0.1, 0.15) is 11.1 Å². The maximum Gasteiger partial charge on any atom is 0.168 e. The van der Waals surface area contributed by atoms with Crippen molar-refractivity contribution in [1.29, 1.82) is 0 Å². The lowest BCUT2D eigenvalue weighted by atomic mass is 10.0. The summed E-state index contributed by atoms with van der Waals surface area (Å²) in [6.45, 7) is 3.30. The number of pyridine rings is 1. The van der Waals surface area contributed by atoms with E-state index in [1.54, 1.807) is 13.0 Å². The van der Waals surface area contributed by atoms with Crippen LogP contribution in [0, 0.1) is 25.5 Å². The fourth-order valence-electron chi connectivity index (χ4n) is 1.61. The van der Waals surface area contributed by atoms with Gasteiger partial charge in [0.25, 0.3) is 0 Å². The molecule has 1 aromatic carbocycles. The van der Waals surface area contributed by atoms with E-state index in [1.165, 1.54) is 25.3 Å². The van der Waals surface area contributed by atoms with E-state index in [9.17, 15) is 8.78 Å². The molecule has 0 fully saturated rings. The van der Waals surface area contributed by atoms with Crippen molar-refractivity contribution in [2.24, 2.45) is 0 Å². The standard InChI is InChI=1S/C13H12F2N2/c1-7-3-4-9(11(15)10(7)14)13-12(16)8(2)5-6-17-13/h3-6H,16H2,1-2H3. The first-order valence-electron chi connectivity index (χ1n) is 5.18. The molecule has 2 N–H and O–H groups in total. The van der Waals surface area contributed by atoms with Gasteiger partial charge in [0, 0.05) is 11.8 Å². The van der Waals surface area contributed by atoms with Crippen molar-refractivity contribution in [3.63, 3.8) is 0 Å². The Kier molecular flexibility index (Phi) is 2.79. The molecule has 4 heteroatoms. The number of halogens is 2. The fraction of sp³-hybridized carbons (Fsp3) is 0.154. The van der Waals surface area contributed by atoms with Gasteiger partial charge in [-0.2, -0.15) is 0 Å². The number of benzene rings is 1. The highest BCUT2D eigenvalue weighted by Gasteiger charge is 2.15. The number of hydrogen-bond donors (Lipinski definition) is 1. The number of nitrogens with two attached hydrogens (primary N) is 1. The Balaban J connectivity index is 2.69. The van der Waals surface area contributed by atoms with E-state index in [4.69, 9.17) is 5.73 Å². The highest BCUT2D eigenvalue weighted by atomic mass is 19.2. The molecule has 0 amide bonds. The molecule has 0 aliphatic rings. The molecule has 0 aliphatic carbocycles. The van der Waals surface area contributed by atoms with E-state index in [2.05, 4.69) is 4.98 Å². The molecule has 0 saturated heterocycles. The van der Waals surface area contributed by atoms with Crippen LogP contribution in [0.4, 0.5) is 14.5 Å². The van der Waals surface area contributed by atoms with Crippen LogP contribution >= 0.6 is 0 Å². The number of nitrogen functional groups attached to an aromatic ring is 1. The molecule has 0 bridgehead atoms. The first kappa shape index (κ1) is 11.5. The topological polar surface area (TPSA) is 38.9 Å². The van der Waals surface area contributed by atoms with Gasteiger partial charge in [0.2, 0.25) is 0 Å². The van der Waals surface area contributed by atoms with Crippen molar-refractivity contribution in [3.8, 4) is 11.3 Å². The van der Waals surface area contributed by atoms with Crippen molar-refractivity contribution in [2.45, 2.75) is 13.8 Å². The van der Waals surface area contributed by atoms with Crippen molar-refractivity contribution < 1.29 is 8.78 Å². The van der Waals surface area contributed by atoms with Gasteiger partial charge in [-0.25, -0.2) is 8.78 Å². The molecule has 2 rings (SSSR count). The first-order valence-corrected chi connectivity index (χ1v) is 5.18. The van der Waals surface area contributed by atoms with Crippen LogP contribution < -0.4 is 5.73 Å². The van der Waals surface area contributed by atoms with E-state index in [0.29, 0.717) is 5.69 Å². The second kappa shape index (κ2) is 4.13. The van der Waals surface area contributed by atoms with E-state index in [1.807, 2.05) is 0 Å². The smallest absolute Gasteiger partial charge is 0.168 e. The summed E-state index contributed by atoms with van der Waals surface area (Å²) in [7, 11) is 0. The molecule has 17 heavy (non-hydrogen) atoms. The van der Waals surface area contributed by atoms with Gasteiger partial charge in [0.05, 0.1) is 11.4 Å².